The topological polar surface area (TPSA) is 86.8 Å². The molecule has 0 aliphatic carbocycles. The number of nitrogens with zero attached hydrogens (tertiary/aromatic N) is 2. The van der Waals surface area contributed by atoms with Gasteiger partial charge in [0.05, 0.1) is 10.6 Å². The zero-order valence-corrected chi connectivity index (χ0v) is 26.8. The van der Waals surface area contributed by atoms with E-state index in [0.29, 0.717) is 6.54 Å². The zero-order chi connectivity index (χ0) is 32.4. The second-order valence-corrected chi connectivity index (χ2v) is 13.0. The van der Waals surface area contributed by atoms with Gasteiger partial charge in [-0.15, -0.1) is 0 Å². The molecule has 0 saturated heterocycles. The molecule has 4 aromatic carbocycles. The summed E-state index contributed by atoms with van der Waals surface area (Å²) in [5.41, 5.74) is 3.24. The van der Waals surface area contributed by atoms with Crippen molar-refractivity contribution < 1.29 is 22.4 Å². The molecule has 0 aliphatic rings. The minimum Gasteiger partial charge on any atom is -0.354 e. The number of hydrogen-bond acceptors (Lipinski definition) is 4. The lowest BCUT2D eigenvalue weighted by Gasteiger charge is -2.34. The molecule has 0 saturated carbocycles. The van der Waals surface area contributed by atoms with Crippen molar-refractivity contribution >= 4 is 27.5 Å². The number of hydrogen-bond donors (Lipinski definition) is 1. The number of aryl methyl sites for hydroxylation is 2. The molecule has 9 heteroatoms. The number of anilines is 1. The van der Waals surface area contributed by atoms with Crippen LogP contribution in [0, 0.1) is 19.7 Å². The van der Waals surface area contributed by atoms with Crippen LogP contribution in [0.5, 0.6) is 0 Å². The Morgan fingerprint density at radius 1 is 0.800 bits per heavy atom. The largest absolute Gasteiger partial charge is 0.354 e. The molecule has 4 aromatic rings. The molecule has 0 aromatic heterocycles. The molecule has 1 N–H and O–H groups in total. The summed E-state index contributed by atoms with van der Waals surface area (Å²) >= 11 is 0. The van der Waals surface area contributed by atoms with Crippen LogP contribution in [0.1, 0.15) is 42.0 Å². The number of carbonyl (C=O) groups excluding carboxylic acids is 2. The molecule has 2 amide bonds. The fourth-order valence-electron chi connectivity index (χ4n) is 4.96. The molecular formula is C36H40FN3O4S. The first-order valence-corrected chi connectivity index (χ1v) is 16.5. The van der Waals surface area contributed by atoms with E-state index in [0.717, 1.165) is 45.5 Å². The van der Waals surface area contributed by atoms with Crippen molar-refractivity contribution in [2.24, 2.45) is 0 Å². The Morgan fingerprint density at radius 2 is 1.40 bits per heavy atom. The Bertz CT molecular complexity index is 1680. The van der Waals surface area contributed by atoms with E-state index >= 15 is 4.39 Å². The number of amides is 2. The number of halogens is 1. The van der Waals surface area contributed by atoms with E-state index in [1.54, 1.807) is 12.1 Å². The Morgan fingerprint density at radius 3 is 2.02 bits per heavy atom. The molecule has 0 fully saturated rings. The van der Waals surface area contributed by atoms with Crippen LogP contribution in [0.15, 0.2) is 108 Å². The molecule has 0 unspecified atom stereocenters. The van der Waals surface area contributed by atoms with Crippen molar-refractivity contribution in [1.29, 1.82) is 0 Å². The monoisotopic (exact) mass is 629 g/mol. The van der Waals surface area contributed by atoms with Crippen molar-refractivity contribution in [2.45, 2.75) is 57.5 Å². The van der Waals surface area contributed by atoms with Gasteiger partial charge >= 0.3 is 0 Å². The van der Waals surface area contributed by atoms with Crippen LogP contribution in [-0.4, -0.2) is 44.3 Å². The fraction of sp³-hybridized carbons (Fsp3) is 0.278. The lowest BCUT2D eigenvalue weighted by Crippen LogP contribution is -2.53. The molecular weight excluding hydrogens is 589 g/mol. The van der Waals surface area contributed by atoms with Gasteiger partial charge in [-0.1, -0.05) is 103 Å². The minimum absolute atomic E-state index is 0.0491. The Hall–Kier alpha value is -4.50. The number of unbranched alkanes of at least 4 members (excludes halogenated alkanes) is 1. The van der Waals surface area contributed by atoms with Crippen molar-refractivity contribution in [3.8, 4) is 0 Å². The summed E-state index contributed by atoms with van der Waals surface area (Å²) in [6.45, 7) is 5.58. The average Bonchev–Trinajstić information content (AvgIpc) is 3.03. The van der Waals surface area contributed by atoms with E-state index in [9.17, 15) is 18.0 Å². The summed E-state index contributed by atoms with van der Waals surface area (Å²) in [6.07, 6.45) is 1.86. The SMILES string of the molecule is CCCCNC(=O)[C@H](Cc1ccccc1)N(Cc1ccc(C)cc1)C(=O)CN(c1ccccc1F)S(=O)(=O)c1ccc(C)cc1. The highest BCUT2D eigenvalue weighted by molar-refractivity contribution is 7.92. The van der Waals surface area contributed by atoms with E-state index in [2.05, 4.69) is 5.32 Å². The summed E-state index contributed by atoms with van der Waals surface area (Å²) < 4.78 is 44.1. The number of rotatable bonds is 14. The maximum Gasteiger partial charge on any atom is 0.264 e. The van der Waals surface area contributed by atoms with Crippen LogP contribution in [0.25, 0.3) is 0 Å². The van der Waals surface area contributed by atoms with Crippen LogP contribution in [0.4, 0.5) is 10.1 Å². The van der Waals surface area contributed by atoms with E-state index in [4.69, 9.17) is 0 Å². The highest BCUT2D eigenvalue weighted by atomic mass is 32.2. The maximum absolute atomic E-state index is 15.2. The molecule has 7 nitrogen and oxygen atoms in total. The van der Waals surface area contributed by atoms with Gasteiger partial charge in [-0.2, -0.15) is 0 Å². The molecule has 0 bridgehead atoms. The van der Waals surface area contributed by atoms with Crippen molar-refractivity contribution in [1.82, 2.24) is 10.2 Å². The summed E-state index contributed by atoms with van der Waals surface area (Å²) in [5, 5.41) is 2.96. The van der Waals surface area contributed by atoms with Crippen LogP contribution in [-0.2, 0) is 32.6 Å². The third-order valence-corrected chi connectivity index (χ3v) is 9.36. The van der Waals surface area contributed by atoms with Gasteiger partial charge in [0, 0.05) is 19.5 Å². The van der Waals surface area contributed by atoms with Crippen molar-refractivity contribution in [3.63, 3.8) is 0 Å². The second kappa shape index (κ2) is 15.5. The quantitative estimate of drug-likeness (QED) is 0.169. The summed E-state index contributed by atoms with van der Waals surface area (Å²) in [7, 11) is -4.38. The average molecular weight is 630 g/mol. The predicted molar refractivity (Wildman–Crippen MR) is 176 cm³/mol. The molecule has 0 aliphatic heterocycles. The second-order valence-electron chi connectivity index (χ2n) is 11.1. The summed E-state index contributed by atoms with van der Waals surface area (Å²) in [6, 6.07) is 27.6. The van der Waals surface area contributed by atoms with Gasteiger partial charge in [-0.05, 0) is 55.7 Å². The van der Waals surface area contributed by atoms with E-state index in [1.807, 2.05) is 75.4 Å². The third kappa shape index (κ3) is 8.79. The summed E-state index contributed by atoms with van der Waals surface area (Å²) in [4.78, 5) is 29.5. The minimum atomic E-state index is -4.38. The first-order chi connectivity index (χ1) is 21.6. The number of carbonyl (C=O) groups is 2. The van der Waals surface area contributed by atoms with E-state index in [1.165, 1.54) is 35.2 Å². The first kappa shape index (κ1) is 33.4. The molecule has 0 radical (unpaired) electrons. The Kier molecular flexibility index (Phi) is 11.5. The molecule has 236 valence electrons. The smallest absolute Gasteiger partial charge is 0.264 e. The van der Waals surface area contributed by atoms with E-state index in [-0.39, 0.29) is 29.5 Å². The number of nitrogens with one attached hydrogen (secondary N) is 1. The highest BCUT2D eigenvalue weighted by Gasteiger charge is 2.35. The van der Waals surface area contributed by atoms with Crippen molar-refractivity contribution in [2.75, 3.05) is 17.4 Å². The van der Waals surface area contributed by atoms with E-state index < -0.39 is 34.3 Å². The summed E-state index contributed by atoms with van der Waals surface area (Å²) in [5.74, 6) is -1.77. The van der Waals surface area contributed by atoms with Gasteiger partial charge in [0.15, 0.2) is 0 Å². The van der Waals surface area contributed by atoms with Gasteiger partial charge < -0.3 is 10.2 Å². The Labute approximate surface area is 265 Å². The lowest BCUT2D eigenvalue weighted by molar-refractivity contribution is -0.140. The number of benzene rings is 4. The van der Waals surface area contributed by atoms with Gasteiger partial charge in [0.1, 0.15) is 18.4 Å². The maximum atomic E-state index is 15.2. The van der Waals surface area contributed by atoms with Gasteiger partial charge in [-0.3, -0.25) is 13.9 Å². The molecule has 0 spiro atoms. The fourth-order valence-corrected chi connectivity index (χ4v) is 6.38. The predicted octanol–water partition coefficient (Wildman–Crippen LogP) is 6.19. The number of sulfonamides is 1. The molecule has 0 heterocycles. The third-order valence-electron chi connectivity index (χ3n) is 7.58. The Balaban J connectivity index is 1.79. The van der Waals surface area contributed by atoms with Crippen LogP contribution >= 0.6 is 0 Å². The normalized spacial score (nSPS) is 11.9. The lowest BCUT2D eigenvalue weighted by atomic mass is 10.0. The molecule has 45 heavy (non-hydrogen) atoms. The van der Waals surface area contributed by atoms with Gasteiger partial charge in [0.25, 0.3) is 10.0 Å². The highest BCUT2D eigenvalue weighted by Crippen LogP contribution is 2.27. The standard InChI is InChI=1S/C36H40FN3O4S/c1-4-5-23-38-36(42)34(24-29-11-7-6-8-12-29)39(25-30-19-15-27(2)16-20-30)35(41)26-40(33-14-10-9-13-32(33)37)45(43,44)31-21-17-28(3)18-22-31/h6-22,34H,4-5,23-26H2,1-3H3,(H,38,42)/t34-/m0/s1. The van der Waals surface area contributed by atoms with Crippen LogP contribution < -0.4 is 9.62 Å². The number of para-hydroxylation sites is 1. The van der Waals surface area contributed by atoms with Crippen molar-refractivity contribution in [3.05, 3.63) is 131 Å². The van der Waals surface area contributed by atoms with Crippen LogP contribution in [0.2, 0.25) is 0 Å². The zero-order valence-electron chi connectivity index (χ0n) is 25.9. The molecule has 1 atom stereocenters. The van der Waals surface area contributed by atoms with Crippen LogP contribution in [0.3, 0.4) is 0 Å². The molecule has 4 rings (SSSR count). The van der Waals surface area contributed by atoms with Gasteiger partial charge in [0.2, 0.25) is 11.8 Å². The van der Waals surface area contributed by atoms with Gasteiger partial charge in [-0.25, -0.2) is 12.8 Å². The first-order valence-electron chi connectivity index (χ1n) is 15.1.